The summed E-state index contributed by atoms with van der Waals surface area (Å²) in [6.45, 7) is 10.1. The smallest absolute Gasteiger partial charge is 0.412 e. The van der Waals surface area contributed by atoms with Crippen LogP contribution in [0.1, 0.15) is 70.9 Å². The molecule has 0 radical (unpaired) electrons. The molecule has 1 fully saturated rings. The lowest BCUT2D eigenvalue weighted by molar-refractivity contribution is -0.147. The lowest BCUT2D eigenvalue weighted by atomic mass is 9.92. The number of ether oxygens (including phenoxy) is 3. The molecule has 1 aliphatic heterocycles. The van der Waals surface area contributed by atoms with Crippen LogP contribution in [0.4, 0.5) is 4.79 Å². The monoisotopic (exact) mass is 648 g/mol. The number of hydrogen-bond acceptors (Lipinski definition) is 7. The summed E-state index contributed by atoms with van der Waals surface area (Å²) < 4.78 is 16.7. The fourth-order valence-corrected chi connectivity index (χ4v) is 5.75. The van der Waals surface area contributed by atoms with Crippen LogP contribution in [-0.4, -0.2) is 77.9 Å². The predicted molar refractivity (Wildman–Crippen MR) is 178 cm³/mol. The lowest BCUT2D eigenvalue weighted by Crippen LogP contribution is -2.55. The van der Waals surface area contributed by atoms with E-state index in [4.69, 9.17) is 14.2 Å². The average molecular weight is 649 g/mol. The van der Waals surface area contributed by atoms with E-state index in [1.54, 1.807) is 20.8 Å². The number of H-pyrrole nitrogens is 1. The molecule has 3 amide bonds. The highest BCUT2D eigenvalue weighted by Crippen LogP contribution is 2.28. The third-order valence-corrected chi connectivity index (χ3v) is 8.48. The Hall–Kier alpha value is -4.38. The maximum absolute atomic E-state index is 14.3. The molecule has 3 aromatic rings. The van der Waals surface area contributed by atoms with Crippen molar-refractivity contribution in [1.29, 1.82) is 0 Å². The minimum Gasteiger partial charge on any atom is -0.467 e. The second-order valence-corrected chi connectivity index (χ2v) is 13.1. The lowest BCUT2D eigenvalue weighted by Gasteiger charge is -2.38. The Bertz CT molecular complexity index is 1520. The van der Waals surface area contributed by atoms with E-state index >= 15 is 0 Å². The average Bonchev–Trinajstić information content (AvgIpc) is 3.47. The first kappa shape index (κ1) is 35.5. The Labute approximate surface area is 276 Å². The number of carbonyl (C=O) groups excluding carboxylic acids is 4. The molecular weight excluding hydrogens is 600 g/mol. The minimum absolute atomic E-state index is 0.147. The van der Waals surface area contributed by atoms with Gasteiger partial charge in [0.25, 0.3) is 0 Å². The summed E-state index contributed by atoms with van der Waals surface area (Å²) in [5.41, 5.74) is 1.75. The highest BCUT2D eigenvalue weighted by molar-refractivity contribution is 5.93. The zero-order chi connectivity index (χ0) is 34.1. The third kappa shape index (κ3) is 9.34. The van der Waals surface area contributed by atoms with E-state index in [-0.39, 0.29) is 18.8 Å². The molecule has 1 saturated heterocycles. The Kier molecular flexibility index (Phi) is 12.0. The molecule has 3 N–H and O–H groups in total. The van der Waals surface area contributed by atoms with Gasteiger partial charge in [0, 0.05) is 36.5 Å². The van der Waals surface area contributed by atoms with E-state index in [1.807, 2.05) is 74.6 Å². The number of esters is 1. The minimum atomic E-state index is -1.03. The number of rotatable bonds is 12. The van der Waals surface area contributed by atoms with Gasteiger partial charge < -0.3 is 29.8 Å². The quantitative estimate of drug-likeness (QED) is 0.234. The van der Waals surface area contributed by atoms with Gasteiger partial charge in [0.15, 0.2) is 0 Å². The number of carbonyl (C=O) groups is 4. The fourth-order valence-electron chi connectivity index (χ4n) is 5.75. The molecule has 2 unspecified atom stereocenters. The van der Waals surface area contributed by atoms with Crippen molar-refractivity contribution in [2.75, 3.05) is 20.3 Å². The molecule has 0 bridgehead atoms. The van der Waals surface area contributed by atoms with E-state index in [9.17, 15) is 19.2 Å². The predicted octanol–water partition coefficient (Wildman–Crippen LogP) is 5.06. The van der Waals surface area contributed by atoms with Gasteiger partial charge in [-0.3, -0.25) is 14.5 Å². The number of methoxy groups -OCH3 is 1. The summed E-state index contributed by atoms with van der Waals surface area (Å²) in [4.78, 5) is 58.9. The first-order valence-corrected chi connectivity index (χ1v) is 16.3. The molecule has 254 valence electrons. The maximum atomic E-state index is 14.3. The van der Waals surface area contributed by atoms with Gasteiger partial charge in [-0.25, -0.2) is 9.59 Å². The van der Waals surface area contributed by atoms with Gasteiger partial charge in [-0.1, -0.05) is 68.8 Å². The van der Waals surface area contributed by atoms with Gasteiger partial charge in [-0.2, -0.15) is 0 Å². The van der Waals surface area contributed by atoms with Crippen molar-refractivity contribution in [3.8, 4) is 0 Å². The Morgan fingerprint density at radius 3 is 2.40 bits per heavy atom. The van der Waals surface area contributed by atoms with E-state index in [2.05, 4.69) is 15.6 Å². The van der Waals surface area contributed by atoms with Crippen LogP contribution in [0, 0.1) is 5.92 Å². The molecule has 5 atom stereocenters. The number of para-hydroxylation sites is 1. The number of benzene rings is 2. The number of aromatic nitrogens is 1. The van der Waals surface area contributed by atoms with Gasteiger partial charge in [-0.05, 0) is 50.3 Å². The van der Waals surface area contributed by atoms with E-state index in [0.29, 0.717) is 31.6 Å². The molecule has 2 aromatic carbocycles. The molecule has 11 heteroatoms. The number of nitrogens with zero attached hydrogens (tertiary/aromatic N) is 1. The largest absolute Gasteiger partial charge is 0.467 e. The van der Waals surface area contributed by atoms with Gasteiger partial charge in [0.2, 0.25) is 11.8 Å². The van der Waals surface area contributed by atoms with Crippen LogP contribution >= 0.6 is 0 Å². The third-order valence-electron chi connectivity index (χ3n) is 8.48. The van der Waals surface area contributed by atoms with Crippen molar-refractivity contribution in [2.24, 2.45) is 5.92 Å². The normalized spacial score (nSPS) is 17.7. The summed E-state index contributed by atoms with van der Waals surface area (Å²) in [6, 6.07) is 15.0. The van der Waals surface area contributed by atoms with Crippen molar-refractivity contribution >= 4 is 34.8 Å². The molecule has 47 heavy (non-hydrogen) atoms. The van der Waals surface area contributed by atoms with Crippen molar-refractivity contribution in [1.82, 2.24) is 20.5 Å². The Morgan fingerprint density at radius 2 is 1.72 bits per heavy atom. The number of amides is 3. The zero-order valence-electron chi connectivity index (χ0n) is 28.2. The van der Waals surface area contributed by atoms with Gasteiger partial charge in [-0.15, -0.1) is 0 Å². The topological polar surface area (TPSA) is 139 Å². The van der Waals surface area contributed by atoms with Gasteiger partial charge in [0.1, 0.15) is 23.9 Å². The first-order valence-electron chi connectivity index (χ1n) is 16.3. The fraction of sp³-hybridized carbons (Fsp3) is 0.500. The summed E-state index contributed by atoms with van der Waals surface area (Å²) in [5, 5.41) is 6.78. The summed E-state index contributed by atoms with van der Waals surface area (Å²) in [5.74, 6) is -2.43. The van der Waals surface area contributed by atoms with Crippen molar-refractivity contribution < 1.29 is 33.4 Å². The first-order chi connectivity index (χ1) is 22.4. The van der Waals surface area contributed by atoms with Crippen LogP contribution in [0.3, 0.4) is 0 Å². The van der Waals surface area contributed by atoms with Crippen molar-refractivity contribution in [2.45, 2.75) is 90.1 Å². The van der Waals surface area contributed by atoms with E-state index < -0.39 is 53.7 Å². The van der Waals surface area contributed by atoms with Crippen molar-refractivity contribution in [3.63, 3.8) is 0 Å². The molecule has 0 aliphatic carbocycles. The second-order valence-electron chi connectivity index (χ2n) is 13.1. The Morgan fingerprint density at radius 1 is 1.02 bits per heavy atom. The summed E-state index contributed by atoms with van der Waals surface area (Å²) in [7, 11) is 1.29. The van der Waals surface area contributed by atoms with Crippen LogP contribution < -0.4 is 10.6 Å². The molecule has 2 heterocycles. The number of fused-ring (bicyclic) bond motifs is 1. The molecule has 0 saturated carbocycles. The van der Waals surface area contributed by atoms with Gasteiger partial charge >= 0.3 is 12.1 Å². The highest BCUT2D eigenvalue weighted by atomic mass is 16.6. The molecule has 0 spiro atoms. The standard InChI is InChI=1S/C36H48N4O7/c1-7-23(2)31(34(43)45-6)39-33(42)29(20-25-22-37-28-17-12-11-16-26(25)28)38-32(41)27(24-14-9-8-10-15-24)21-30-40(18-13-19-46-30)35(44)47-36(3,4)5/h8-12,14-17,22-23,27,29-31,37H,7,13,18-21H2,1-6H3,(H,38,41)(H,39,42)/t23-,27?,29-,30?,31-/m0/s1. The Balaban J connectivity index is 1.65. The number of nitrogens with one attached hydrogen (secondary N) is 3. The van der Waals surface area contributed by atoms with Crippen LogP contribution in [0.15, 0.2) is 60.8 Å². The number of hydrogen-bond donors (Lipinski definition) is 3. The maximum Gasteiger partial charge on any atom is 0.412 e. The molecular formula is C36H48N4O7. The summed E-state index contributed by atoms with van der Waals surface area (Å²) in [6.07, 6.45) is 2.19. The van der Waals surface area contributed by atoms with E-state index in [1.165, 1.54) is 12.0 Å². The molecule has 11 nitrogen and oxygen atoms in total. The van der Waals surface area contributed by atoms with Crippen LogP contribution in [0.25, 0.3) is 10.9 Å². The van der Waals surface area contributed by atoms with Crippen molar-refractivity contribution in [3.05, 3.63) is 71.9 Å². The van der Waals surface area contributed by atoms with Crippen LogP contribution in [0.2, 0.25) is 0 Å². The SMILES string of the molecule is CC[C@H](C)[C@H](NC(=O)[C@H](Cc1c[nH]c2ccccc12)NC(=O)C(CC1OCCCN1C(=O)OC(C)(C)C)c1ccccc1)C(=O)OC. The van der Waals surface area contributed by atoms with E-state index in [0.717, 1.165) is 16.5 Å². The molecule has 4 rings (SSSR count). The second kappa shape index (κ2) is 15.9. The molecule has 1 aliphatic rings. The zero-order valence-corrected chi connectivity index (χ0v) is 28.2. The molecule has 1 aromatic heterocycles. The highest BCUT2D eigenvalue weighted by Gasteiger charge is 2.37. The number of aromatic amines is 1. The summed E-state index contributed by atoms with van der Waals surface area (Å²) >= 11 is 0. The van der Waals surface area contributed by atoms with Crippen LogP contribution in [0.5, 0.6) is 0 Å². The van der Waals surface area contributed by atoms with Crippen LogP contribution in [-0.2, 0) is 35.0 Å². The van der Waals surface area contributed by atoms with Gasteiger partial charge in [0.05, 0.1) is 19.6 Å².